The van der Waals surface area contributed by atoms with Crippen molar-refractivity contribution in [2.24, 2.45) is 0 Å². The average Bonchev–Trinajstić information content (AvgIpc) is 3.53. The highest BCUT2D eigenvalue weighted by atomic mass is 32.1. The first-order valence-electron chi connectivity index (χ1n) is 13.0. The molecule has 0 bridgehead atoms. The lowest BCUT2D eigenvalue weighted by atomic mass is 10.1. The molecule has 216 valence electrons. The summed E-state index contributed by atoms with van der Waals surface area (Å²) in [6.07, 6.45) is -4.51. The van der Waals surface area contributed by atoms with Crippen LogP contribution in [0.4, 0.5) is 35.0 Å². The Bertz CT molecular complexity index is 1400. The first-order valence-corrected chi connectivity index (χ1v) is 13.9. The molecule has 2 aliphatic rings. The molecule has 1 aromatic heterocycles. The van der Waals surface area contributed by atoms with Crippen LogP contribution in [-0.4, -0.2) is 80.1 Å². The number of nitrogens with one attached hydrogen (secondary N) is 2. The Morgan fingerprint density at radius 1 is 0.805 bits per heavy atom. The number of alkyl halides is 3. The number of halogens is 3. The van der Waals surface area contributed by atoms with Crippen LogP contribution >= 0.6 is 11.3 Å². The van der Waals surface area contributed by atoms with Crippen LogP contribution in [-0.2, 0) is 10.9 Å². The predicted octanol–water partition coefficient (Wildman–Crippen LogP) is 4.85. The summed E-state index contributed by atoms with van der Waals surface area (Å²) >= 11 is 1.32. The second-order valence-electron chi connectivity index (χ2n) is 9.55. The first kappa shape index (κ1) is 28.4. The third kappa shape index (κ3) is 6.80. The van der Waals surface area contributed by atoms with E-state index in [-0.39, 0.29) is 17.5 Å². The van der Waals surface area contributed by atoms with E-state index in [4.69, 9.17) is 4.74 Å². The van der Waals surface area contributed by atoms with Gasteiger partial charge in [-0.3, -0.25) is 9.59 Å². The lowest BCUT2D eigenvalue weighted by Crippen LogP contribution is -2.50. The summed E-state index contributed by atoms with van der Waals surface area (Å²) in [7, 11) is 0. The minimum absolute atomic E-state index is 0.0610. The molecule has 0 atom stereocenters. The van der Waals surface area contributed by atoms with Crippen LogP contribution in [0, 0.1) is 0 Å². The maximum absolute atomic E-state index is 13.6. The molecule has 0 aliphatic carbocycles. The van der Waals surface area contributed by atoms with Crippen LogP contribution in [0.1, 0.15) is 25.6 Å². The number of piperazine rings is 1. The van der Waals surface area contributed by atoms with E-state index in [1.807, 2.05) is 10.3 Å². The minimum Gasteiger partial charge on any atom is -0.378 e. The van der Waals surface area contributed by atoms with Crippen LogP contribution < -0.4 is 15.5 Å². The largest absolute Gasteiger partial charge is 0.416 e. The molecule has 3 heterocycles. The Hall–Kier alpha value is -4.10. The van der Waals surface area contributed by atoms with Gasteiger partial charge in [-0.05, 0) is 47.8 Å². The average molecular weight is 588 g/mol. The fourth-order valence-electron chi connectivity index (χ4n) is 4.72. The summed E-state index contributed by atoms with van der Waals surface area (Å²) in [6.45, 7) is 3.19. The van der Waals surface area contributed by atoms with Crippen molar-refractivity contribution in [1.82, 2.24) is 9.80 Å². The summed E-state index contributed by atoms with van der Waals surface area (Å²) in [6, 6.07) is 12.7. The monoisotopic (exact) mass is 587 g/mol. The van der Waals surface area contributed by atoms with Crippen molar-refractivity contribution in [3.63, 3.8) is 0 Å². The van der Waals surface area contributed by atoms with Gasteiger partial charge in [0.05, 0.1) is 29.2 Å². The molecule has 0 spiro atoms. The van der Waals surface area contributed by atoms with E-state index in [0.29, 0.717) is 74.3 Å². The number of carbonyl (C=O) groups excluding carboxylic acids is 3. The number of thiophene rings is 1. The highest BCUT2D eigenvalue weighted by Gasteiger charge is 2.31. The zero-order valence-corrected chi connectivity index (χ0v) is 22.8. The molecule has 5 rings (SSSR count). The summed E-state index contributed by atoms with van der Waals surface area (Å²) in [5.41, 5.74) is 0.813. The maximum Gasteiger partial charge on any atom is 0.416 e. The Labute approximate surface area is 238 Å². The smallest absolute Gasteiger partial charge is 0.378 e. The topological polar surface area (TPSA) is 94.2 Å². The molecule has 2 fully saturated rings. The Morgan fingerprint density at radius 2 is 1.54 bits per heavy atom. The molecule has 0 saturated carbocycles. The second-order valence-corrected chi connectivity index (χ2v) is 10.5. The molecule has 2 saturated heterocycles. The van der Waals surface area contributed by atoms with E-state index in [2.05, 4.69) is 10.6 Å². The number of hydrogen-bond donors (Lipinski definition) is 2. The number of nitrogens with zero attached hydrogens (tertiary/aromatic N) is 3. The van der Waals surface area contributed by atoms with Crippen LogP contribution in [0.15, 0.2) is 60.0 Å². The van der Waals surface area contributed by atoms with Crippen molar-refractivity contribution < 1.29 is 32.3 Å². The number of rotatable bonds is 5. The fraction of sp³-hybridized carbons (Fsp3) is 0.321. The zero-order valence-electron chi connectivity index (χ0n) is 21.9. The van der Waals surface area contributed by atoms with Gasteiger partial charge in [0.25, 0.3) is 11.8 Å². The van der Waals surface area contributed by atoms with E-state index in [9.17, 15) is 27.6 Å². The van der Waals surface area contributed by atoms with Gasteiger partial charge in [0.15, 0.2) is 0 Å². The number of morpholine rings is 1. The molecular weight excluding hydrogens is 559 g/mol. The lowest BCUT2D eigenvalue weighted by molar-refractivity contribution is -0.137. The van der Waals surface area contributed by atoms with E-state index in [0.717, 1.165) is 12.1 Å². The number of amides is 4. The summed E-state index contributed by atoms with van der Waals surface area (Å²) in [5, 5.41) is 7.21. The van der Waals surface area contributed by atoms with Crippen LogP contribution in [0.25, 0.3) is 0 Å². The van der Waals surface area contributed by atoms with Crippen molar-refractivity contribution in [1.29, 1.82) is 0 Å². The number of anilines is 3. The molecule has 4 amide bonds. The first-order chi connectivity index (χ1) is 19.7. The SMILES string of the molecule is O=C(Nc1ccc(N2CCN(C(=O)Nc3cccc(C(F)(F)F)c3)CC2)c(C(=O)N2CCOCC2)c1)c1cccs1. The van der Waals surface area contributed by atoms with E-state index in [1.165, 1.54) is 28.4 Å². The minimum atomic E-state index is -4.51. The molecular formula is C28H28F3N5O4S. The molecule has 3 aromatic rings. The molecule has 13 heteroatoms. The number of ether oxygens (including phenoxy) is 1. The second kappa shape index (κ2) is 12.2. The standard InChI is InChI=1S/C28H28F3N5O4S/c29-28(30,31)19-3-1-4-20(17-19)33-27(39)36-10-8-34(9-11-36)23-7-6-21(32-25(37)24-5-2-16-41-24)18-22(23)26(38)35-12-14-40-15-13-35/h1-7,16-18H,8-15H2,(H,32,37)(H,33,39). The summed E-state index contributed by atoms with van der Waals surface area (Å²) < 4.78 is 44.5. The normalized spacial score (nSPS) is 15.9. The highest BCUT2D eigenvalue weighted by Crippen LogP contribution is 2.31. The predicted molar refractivity (Wildman–Crippen MR) is 150 cm³/mol. The van der Waals surface area contributed by atoms with Gasteiger partial charge in [-0.25, -0.2) is 4.79 Å². The number of urea groups is 1. The molecule has 2 N–H and O–H groups in total. The molecule has 9 nitrogen and oxygen atoms in total. The van der Waals surface area contributed by atoms with Gasteiger partial charge >= 0.3 is 12.2 Å². The number of carbonyl (C=O) groups is 3. The zero-order chi connectivity index (χ0) is 29.0. The van der Waals surface area contributed by atoms with Crippen LogP contribution in [0.5, 0.6) is 0 Å². The number of benzene rings is 2. The van der Waals surface area contributed by atoms with Gasteiger partial charge in [-0.1, -0.05) is 12.1 Å². The molecule has 41 heavy (non-hydrogen) atoms. The molecule has 2 aliphatic heterocycles. The van der Waals surface area contributed by atoms with Crippen molar-refractivity contribution in [2.75, 3.05) is 68.0 Å². The van der Waals surface area contributed by atoms with Crippen LogP contribution in [0.3, 0.4) is 0 Å². The number of hydrogen-bond acceptors (Lipinski definition) is 6. The fourth-order valence-corrected chi connectivity index (χ4v) is 5.34. The highest BCUT2D eigenvalue weighted by molar-refractivity contribution is 7.12. The van der Waals surface area contributed by atoms with Gasteiger partial charge in [0.2, 0.25) is 0 Å². The maximum atomic E-state index is 13.6. The Balaban J connectivity index is 1.29. The Morgan fingerprint density at radius 3 is 2.22 bits per heavy atom. The Kier molecular flexibility index (Phi) is 8.45. The van der Waals surface area contributed by atoms with Gasteiger partial charge < -0.3 is 30.1 Å². The van der Waals surface area contributed by atoms with Crippen molar-refractivity contribution in [2.45, 2.75) is 6.18 Å². The third-order valence-electron chi connectivity index (χ3n) is 6.88. The molecule has 0 unspecified atom stereocenters. The lowest BCUT2D eigenvalue weighted by Gasteiger charge is -2.37. The van der Waals surface area contributed by atoms with Gasteiger partial charge in [-0.15, -0.1) is 11.3 Å². The van der Waals surface area contributed by atoms with E-state index >= 15 is 0 Å². The molecule has 0 radical (unpaired) electrons. The van der Waals surface area contributed by atoms with Crippen molar-refractivity contribution in [3.05, 3.63) is 76.0 Å². The third-order valence-corrected chi connectivity index (χ3v) is 7.75. The summed E-state index contributed by atoms with van der Waals surface area (Å²) in [5.74, 6) is -0.446. The summed E-state index contributed by atoms with van der Waals surface area (Å²) in [4.78, 5) is 44.8. The van der Waals surface area contributed by atoms with E-state index < -0.39 is 17.8 Å². The van der Waals surface area contributed by atoms with Crippen LogP contribution in [0.2, 0.25) is 0 Å². The van der Waals surface area contributed by atoms with Crippen molar-refractivity contribution >= 4 is 46.2 Å². The van der Waals surface area contributed by atoms with Gasteiger partial charge in [0, 0.05) is 56.3 Å². The van der Waals surface area contributed by atoms with Gasteiger partial charge in [0.1, 0.15) is 0 Å². The van der Waals surface area contributed by atoms with Gasteiger partial charge in [-0.2, -0.15) is 13.2 Å². The quantitative estimate of drug-likeness (QED) is 0.446. The molecule has 2 aromatic carbocycles. The van der Waals surface area contributed by atoms with Crippen molar-refractivity contribution in [3.8, 4) is 0 Å². The van der Waals surface area contributed by atoms with E-state index in [1.54, 1.807) is 35.2 Å².